The molecule has 0 aliphatic carbocycles. The van der Waals surface area contributed by atoms with Crippen LogP contribution in [0.25, 0.3) is 10.9 Å². The minimum Gasteiger partial charge on any atom is -0.505 e. The van der Waals surface area contributed by atoms with Gasteiger partial charge in [-0.2, -0.15) is 0 Å². The molecule has 4 rings (SSSR count). The van der Waals surface area contributed by atoms with Crippen LogP contribution in [0.3, 0.4) is 0 Å². The number of nitrogens with one attached hydrogen (secondary N) is 1. The van der Waals surface area contributed by atoms with Gasteiger partial charge < -0.3 is 15.2 Å². The number of rotatable bonds is 6. The number of pyridine rings is 1. The van der Waals surface area contributed by atoms with E-state index < -0.39 is 0 Å². The predicted octanol–water partition coefficient (Wildman–Crippen LogP) is 5.38. The van der Waals surface area contributed by atoms with E-state index in [9.17, 15) is 9.90 Å². The van der Waals surface area contributed by atoms with Gasteiger partial charge in [-0.15, -0.1) is 11.3 Å². The number of carbonyl (C=O) groups excluding carboxylic acids is 1. The summed E-state index contributed by atoms with van der Waals surface area (Å²) < 4.78 is 5.10. The van der Waals surface area contributed by atoms with Crippen molar-refractivity contribution in [1.29, 1.82) is 0 Å². The Hall–Kier alpha value is -3.38. The highest BCUT2D eigenvalue weighted by atomic mass is 32.1. The summed E-state index contributed by atoms with van der Waals surface area (Å²) in [5.41, 5.74) is 2.52. The SMILES string of the molecule is CCOC(=O)c1cccc(N[C@H](c2cccs2)c2ccc3cccnc3c2O)c1. The minimum absolute atomic E-state index is 0.149. The summed E-state index contributed by atoms with van der Waals surface area (Å²) in [6.45, 7) is 2.11. The molecule has 0 saturated heterocycles. The number of nitrogens with zero attached hydrogens (tertiary/aromatic N) is 1. The highest BCUT2D eigenvalue weighted by Gasteiger charge is 2.21. The number of benzene rings is 2. The van der Waals surface area contributed by atoms with Crippen LogP contribution < -0.4 is 5.32 Å². The third-order valence-electron chi connectivity index (χ3n) is 4.60. The van der Waals surface area contributed by atoms with Crippen LogP contribution in [0.4, 0.5) is 5.69 Å². The largest absolute Gasteiger partial charge is 0.505 e. The first-order valence-corrected chi connectivity index (χ1v) is 10.2. The molecule has 0 fully saturated rings. The summed E-state index contributed by atoms with van der Waals surface area (Å²) in [6.07, 6.45) is 1.67. The van der Waals surface area contributed by atoms with Gasteiger partial charge in [-0.25, -0.2) is 4.79 Å². The van der Waals surface area contributed by atoms with Crippen molar-refractivity contribution in [3.8, 4) is 5.75 Å². The molecular weight excluding hydrogens is 384 g/mol. The van der Waals surface area contributed by atoms with Gasteiger partial charge in [-0.3, -0.25) is 4.98 Å². The molecule has 5 nitrogen and oxygen atoms in total. The Morgan fingerprint density at radius 1 is 1.17 bits per heavy atom. The molecule has 0 amide bonds. The summed E-state index contributed by atoms with van der Waals surface area (Å²) >= 11 is 1.59. The molecule has 146 valence electrons. The zero-order chi connectivity index (χ0) is 20.2. The molecule has 4 aromatic rings. The van der Waals surface area contributed by atoms with Crippen LogP contribution in [-0.4, -0.2) is 22.7 Å². The molecule has 0 bridgehead atoms. The molecule has 0 saturated carbocycles. The van der Waals surface area contributed by atoms with Gasteiger partial charge in [0.1, 0.15) is 11.3 Å². The predicted molar refractivity (Wildman–Crippen MR) is 116 cm³/mol. The number of aromatic hydroxyl groups is 1. The fraction of sp³-hybridized carbons (Fsp3) is 0.130. The fourth-order valence-electron chi connectivity index (χ4n) is 3.25. The van der Waals surface area contributed by atoms with Crippen LogP contribution in [0.1, 0.15) is 33.8 Å². The molecule has 29 heavy (non-hydrogen) atoms. The summed E-state index contributed by atoms with van der Waals surface area (Å²) in [6, 6.07) is 18.5. The maximum Gasteiger partial charge on any atom is 0.338 e. The molecule has 2 aromatic heterocycles. The van der Waals surface area contributed by atoms with E-state index in [-0.39, 0.29) is 17.8 Å². The van der Waals surface area contributed by atoms with Crippen LogP contribution in [0.15, 0.2) is 72.2 Å². The first-order chi connectivity index (χ1) is 14.2. The van der Waals surface area contributed by atoms with Gasteiger partial charge in [0.25, 0.3) is 0 Å². The molecule has 0 radical (unpaired) electrons. The first-order valence-electron chi connectivity index (χ1n) is 9.31. The molecule has 1 atom stereocenters. The van der Waals surface area contributed by atoms with Crippen molar-refractivity contribution in [1.82, 2.24) is 4.98 Å². The molecular formula is C23H20N2O3S. The van der Waals surface area contributed by atoms with Gasteiger partial charge in [0.05, 0.1) is 18.2 Å². The van der Waals surface area contributed by atoms with Gasteiger partial charge in [-0.1, -0.05) is 30.3 Å². The second-order valence-corrected chi connectivity index (χ2v) is 7.45. The van der Waals surface area contributed by atoms with Crippen molar-refractivity contribution in [2.24, 2.45) is 0 Å². The Bertz CT molecular complexity index is 1140. The van der Waals surface area contributed by atoms with Crippen molar-refractivity contribution < 1.29 is 14.6 Å². The van der Waals surface area contributed by atoms with Crippen LogP contribution in [0.2, 0.25) is 0 Å². The molecule has 0 spiro atoms. The first kappa shape index (κ1) is 19.0. The standard InChI is InChI=1S/C23H20N2O3S/c1-2-28-23(27)16-6-3-8-17(14-16)25-21(19-9-5-13-29-19)18-11-10-15-7-4-12-24-20(15)22(18)26/h3-14,21,25-26H,2H2,1H3/t21-/m0/s1. The van der Waals surface area contributed by atoms with Gasteiger partial charge >= 0.3 is 5.97 Å². The topological polar surface area (TPSA) is 71.5 Å². The lowest BCUT2D eigenvalue weighted by molar-refractivity contribution is 0.0526. The van der Waals surface area contributed by atoms with E-state index in [1.165, 1.54) is 0 Å². The highest BCUT2D eigenvalue weighted by Crippen LogP contribution is 2.38. The van der Waals surface area contributed by atoms with E-state index in [2.05, 4.69) is 10.3 Å². The Morgan fingerprint density at radius 3 is 2.86 bits per heavy atom. The molecule has 2 heterocycles. The van der Waals surface area contributed by atoms with Gasteiger partial charge in [-0.05, 0) is 42.6 Å². The minimum atomic E-state index is -0.360. The number of phenols is 1. The van der Waals surface area contributed by atoms with E-state index in [0.29, 0.717) is 17.7 Å². The van der Waals surface area contributed by atoms with E-state index in [0.717, 1.165) is 21.5 Å². The van der Waals surface area contributed by atoms with Crippen molar-refractivity contribution in [2.75, 3.05) is 11.9 Å². The number of esters is 1. The Labute approximate surface area is 172 Å². The quantitative estimate of drug-likeness (QED) is 0.422. The van der Waals surface area contributed by atoms with Crippen LogP contribution >= 0.6 is 11.3 Å². The average Bonchev–Trinajstić information content (AvgIpc) is 3.28. The van der Waals surface area contributed by atoms with Crippen LogP contribution in [0, 0.1) is 0 Å². The van der Waals surface area contributed by atoms with Crippen molar-refractivity contribution in [3.63, 3.8) is 0 Å². The lowest BCUT2D eigenvalue weighted by Crippen LogP contribution is -2.12. The smallest absolute Gasteiger partial charge is 0.338 e. The van der Waals surface area contributed by atoms with Crippen LogP contribution in [0.5, 0.6) is 5.75 Å². The Balaban J connectivity index is 1.74. The number of anilines is 1. The monoisotopic (exact) mass is 404 g/mol. The number of phenolic OH excluding ortho intramolecular Hbond substituents is 1. The molecule has 6 heteroatoms. The third kappa shape index (κ3) is 3.93. The molecule has 2 N–H and O–H groups in total. The van der Waals surface area contributed by atoms with Crippen LogP contribution in [-0.2, 0) is 4.74 Å². The zero-order valence-corrected chi connectivity index (χ0v) is 16.6. The van der Waals surface area contributed by atoms with Gasteiger partial charge in [0.15, 0.2) is 0 Å². The summed E-state index contributed by atoms with van der Waals surface area (Å²) in [5, 5.41) is 17.3. The lowest BCUT2D eigenvalue weighted by atomic mass is 10.0. The maximum atomic E-state index is 12.1. The van der Waals surface area contributed by atoms with E-state index in [4.69, 9.17) is 4.74 Å². The third-order valence-corrected chi connectivity index (χ3v) is 5.54. The number of hydrogen-bond donors (Lipinski definition) is 2. The Kier molecular flexibility index (Phi) is 5.44. The molecule has 0 unspecified atom stereocenters. The number of hydrogen-bond acceptors (Lipinski definition) is 6. The maximum absolute atomic E-state index is 12.1. The highest BCUT2D eigenvalue weighted by molar-refractivity contribution is 7.10. The second kappa shape index (κ2) is 8.32. The number of thiophene rings is 1. The summed E-state index contributed by atoms with van der Waals surface area (Å²) in [5.74, 6) is -0.211. The number of carbonyl (C=O) groups is 1. The van der Waals surface area contributed by atoms with Crippen molar-refractivity contribution in [3.05, 3.63) is 88.2 Å². The van der Waals surface area contributed by atoms with E-state index >= 15 is 0 Å². The number of ether oxygens (including phenoxy) is 1. The average molecular weight is 404 g/mol. The summed E-state index contributed by atoms with van der Waals surface area (Å²) in [7, 11) is 0. The van der Waals surface area contributed by atoms with E-state index in [1.54, 1.807) is 36.6 Å². The van der Waals surface area contributed by atoms with Gasteiger partial charge in [0, 0.05) is 27.7 Å². The summed E-state index contributed by atoms with van der Waals surface area (Å²) in [4.78, 5) is 17.5. The molecule has 0 aliphatic rings. The van der Waals surface area contributed by atoms with E-state index in [1.807, 2.05) is 53.9 Å². The van der Waals surface area contributed by atoms with Gasteiger partial charge in [0.2, 0.25) is 0 Å². The van der Waals surface area contributed by atoms with Crippen molar-refractivity contribution >= 4 is 33.9 Å². The molecule has 2 aromatic carbocycles. The zero-order valence-electron chi connectivity index (χ0n) is 15.8. The number of fused-ring (bicyclic) bond motifs is 1. The fourth-order valence-corrected chi connectivity index (χ4v) is 4.05. The Morgan fingerprint density at radius 2 is 2.07 bits per heavy atom. The lowest BCUT2D eigenvalue weighted by Gasteiger charge is -2.21. The number of aromatic nitrogens is 1. The van der Waals surface area contributed by atoms with Crippen molar-refractivity contribution in [2.45, 2.75) is 13.0 Å². The second-order valence-electron chi connectivity index (χ2n) is 6.47. The normalized spacial score (nSPS) is 11.9. The molecule has 0 aliphatic heterocycles.